The van der Waals surface area contributed by atoms with Crippen molar-refractivity contribution >= 4 is 11.0 Å². The molecule has 1 N–H and O–H groups in total. The first-order valence-electron chi connectivity index (χ1n) is 8.50. The number of nitrogens with one attached hydrogen (secondary N) is 1. The van der Waals surface area contributed by atoms with Crippen LogP contribution < -0.4 is 0 Å². The molecule has 1 atom stereocenters. The summed E-state index contributed by atoms with van der Waals surface area (Å²) in [6.45, 7) is 5.46. The molecule has 1 aliphatic rings. The Kier molecular flexibility index (Phi) is 3.88. The van der Waals surface area contributed by atoms with E-state index < -0.39 is 0 Å². The molecule has 1 saturated heterocycles. The van der Waals surface area contributed by atoms with E-state index in [1.165, 1.54) is 30.5 Å². The fourth-order valence-electron chi connectivity index (χ4n) is 3.54. The summed E-state index contributed by atoms with van der Waals surface area (Å²) in [5.74, 6) is 1.67. The van der Waals surface area contributed by atoms with Gasteiger partial charge in [-0.15, -0.1) is 0 Å². The smallest absolute Gasteiger partial charge is 0.111 e. The average molecular weight is 305 g/mol. The largest absolute Gasteiger partial charge is 0.342 e. The molecule has 23 heavy (non-hydrogen) atoms. The van der Waals surface area contributed by atoms with Gasteiger partial charge in [-0.3, -0.25) is 4.90 Å². The molecule has 1 aromatic heterocycles. The molecule has 0 aliphatic carbocycles. The number of fused-ring (bicyclic) bond motifs is 1. The number of rotatable bonds is 3. The van der Waals surface area contributed by atoms with Gasteiger partial charge >= 0.3 is 0 Å². The van der Waals surface area contributed by atoms with Gasteiger partial charge in [0.15, 0.2) is 0 Å². The van der Waals surface area contributed by atoms with Gasteiger partial charge in [-0.1, -0.05) is 42.0 Å². The molecule has 2 aromatic carbocycles. The summed E-state index contributed by atoms with van der Waals surface area (Å²) in [4.78, 5) is 10.9. The SMILES string of the molecule is Cc1ccc(CN2CCC[C@H](c3nc4ccccc4[nH]3)C2)cc1. The normalized spacial score (nSPS) is 19.3. The summed E-state index contributed by atoms with van der Waals surface area (Å²) in [7, 11) is 0. The molecule has 0 bridgehead atoms. The maximum absolute atomic E-state index is 4.81. The van der Waals surface area contributed by atoms with Gasteiger partial charge < -0.3 is 4.98 Å². The summed E-state index contributed by atoms with van der Waals surface area (Å²) in [6.07, 6.45) is 2.47. The summed E-state index contributed by atoms with van der Waals surface area (Å²) < 4.78 is 0. The molecule has 3 aromatic rings. The monoisotopic (exact) mass is 305 g/mol. The maximum Gasteiger partial charge on any atom is 0.111 e. The topological polar surface area (TPSA) is 31.9 Å². The lowest BCUT2D eigenvalue weighted by Crippen LogP contribution is -2.34. The lowest BCUT2D eigenvalue weighted by Gasteiger charge is -2.31. The third-order valence-corrected chi connectivity index (χ3v) is 4.83. The minimum Gasteiger partial charge on any atom is -0.342 e. The molecule has 3 heteroatoms. The van der Waals surface area contributed by atoms with Crippen LogP contribution in [0.3, 0.4) is 0 Å². The molecule has 0 saturated carbocycles. The first-order chi connectivity index (χ1) is 11.3. The van der Waals surface area contributed by atoms with Gasteiger partial charge in [-0.2, -0.15) is 0 Å². The number of hydrogen-bond donors (Lipinski definition) is 1. The highest BCUT2D eigenvalue weighted by atomic mass is 15.1. The van der Waals surface area contributed by atoms with Crippen LogP contribution in [0.15, 0.2) is 48.5 Å². The van der Waals surface area contributed by atoms with Gasteiger partial charge in [0.2, 0.25) is 0 Å². The standard InChI is InChI=1S/C20H23N3/c1-15-8-10-16(11-9-15)13-23-12-4-5-17(14-23)20-21-18-6-2-3-7-19(18)22-20/h2-3,6-11,17H,4-5,12-14H2,1H3,(H,21,22)/t17-/m0/s1. The number of aromatic nitrogens is 2. The zero-order chi connectivity index (χ0) is 15.6. The molecular weight excluding hydrogens is 282 g/mol. The minimum absolute atomic E-state index is 0.515. The Morgan fingerprint density at radius 1 is 1.13 bits per heavy atom. The van der Waals surface area contributed by atoms with Crippen LogP contribution in [-0.2, 0) is 6.54 Å². The molecule has 4 rings (SSSR count). The molecule has 0 radical (unpaired) electrons. The Hall–Kier alpha value is -2.13. The highest BCUT2D eigenvalue weighted by Crippen LogP contribution is 2.27. The van der Waals surface area contributed by atoms with E-state index in [0.717, 1.165) is 29.9 Å². The van der Waals surface area contributed by atoms with Crippen LogP contribution >= 0.6 is 0 Å². The molecule has 118 valence electrons. The van der Waals surface area contributed by atoms with E-state index in [1.54, 1.807) is 0 Å². The van der Waals surface area contributed by atoms with Crippen molar-refractivity contribution in [3.63, 3.8) is 0 Å². The van der Waals surface area contributed by atoms with E-state index in [9.17, 15) is 0 Å². The van der Waals surface area contributed by atoms with Crippen molar-refractivity contribution in [2.45, 2.75) is 32.2 Å². The maximum atomic E-state index is 4.81. The molecule has 0 amide bonds. The van der Waals surface area contributed by atoms with Gasteiger partial charge in [-0.25, -0.2) is 4.98 Å². The summed E-state index contributed by atoms with van der Waals surface area (Å²) in [6, 6.07) is 17.2. The minimum atomic E-state index is 0.515. The highest BCUT2D eigenvalue weighted by molar-refractivity contribution is 5.74. The first kappa shape index (κ1) is 14.5. The summed E-state index contributed by atoms with van der Waals surface area (Å²) in [5, 5.41) is 0. The molecule has 1 fully saturated rings. The zero-order valence-electron chi connectivity index (χ0n) is 13.6. The van der Waals surface area contributed by atoms with E-state index in [4.69, 9.17) is 4.98 Å². The van der Waals surface area contributed by atoms with Crippen LogP contribution in [0.4, 0.5) is 0 Å². The number of piperidine rings is 1. The Morgan fingerprint density at radius 2 is 1.96 bits per heavy atom. The Labute approximate surface area is 137 Å². The Balaban J connectivity index is 1.49. The van der Waals surface area contributed by atoms with Gasteiger partial charge in [0, 0.05) is 19.0 Å². The van der Waals surface area contributed by atoms with Crippen LogP contribution in [0.25, 0.3) is 11.0 Å². The predicted molar refractivity (Wildman–Crippen MR) is 94.5 cm³/mol. The highest BCUT2D eigenvalue weighted by Gasteiger charge is 2.23. The molecule has 0 unspecified atom stereocenters. The number of nitrogens with zero attached hydrogens (tertiary/aromatic N) is 2. The number of H-pyrrole nitrogens is 1. The lowest BCUT2D eigenvalue weighted by atomic mass is 9.97. The van der Waals surface area contributed by atoms with Crippen molar-refractivity contribution < 1.29 is 0 Å². The van der Waals surface area contributed by atoms with Crippen molar-refractivity contribution in [2.24, 2.45) is 0 Å². The van der Waals surface area contributed by atoms with Crippen molar-refractivity contribution in [1.82, 2.24) is 14.9 Å². The molecule has 2 heterocycles. The van der Waals surface area contributed by atoms with E-state index in [1.807, 2.05) is 0 Å². The van der Waals surface area contributed by atoms with Gasteiger partial charge in [0.1, 0.15) is 5.82 Å². The van der Waals surface area contributed by atoms with E-state index >= 15 is 0 Å². The number of aromatic amines is 1. The predicted octanol–water partition coefficient (Wildman–Crippen LogP) is 4.25. The fraction of sp³-hybridized carbons (Fsp3) is 0.350. The van der Waals surface area contributed by atoms with Crippen molar-refractivity contribution in [1.29, 1.82) is 0 Å². The lowest BCUT2D eigenvalue weighted by molar-refractivity contribution is 0.197. The molecule has 0 spiro atoms. The second-order valence-electron chi connectivity index (χ2n) is 6.70. The number of imidazole rings is 1. The van der Waals surface area contributed by atoms with Crippen molar-refractivity contribution in [3.05, 3.63) is 65.5 Å². The Morgan fingerprint density at radius 3 is 2.78 bits per heavy atom. The van der Waals surface area contributed by atoms with Crippen molar-refractivity contribution in [3.8, 4) is 0 Å². The van der Waals surface area contributed by atoms with Crippen LogP contribution in [-0.4, -0.2) is 28.0 Å². The third-order valence-electron chi connectivity index (χ3n) is 4.83. The third kappa shape index (κ3) is 3.15. The number of hydrogen-bond acceptors (Lipinski definition) is 2. The molecule has 3 nitrogen and oxygen atoms in total. The second kappa shape index (κ2) is 6.17. The number of benzene rings is 2. The first-order valence-corrected chi connectivity index (χ1v) is 8.50. The zero-order valence-corrected chi connectivity index (χ0v) is 13.6. The molecular formula is C20H23N3. The van der Waals surface area contributed by atoms with Gasteiger partial charge in [0.05, 0.1) is 11.0 Å². The summed E-state index contributed by atoms with van der Waals surface area (Å²) in [5.41, 5.74) is 4.96. The second-order valence-corrected chi connectivity index (χ2v) is 6.70. The van der Waals surface area contributed by atoms with E-state index in [-0.39, 0.29) is 0 Å². The Bertz CT molecular complexity index is 755. The van der Waals surface area contributed by atoms with Crippen LogP contribution in [0.2, 0.25) is 0 Å². The van der Waals surface area contributed by atoms with Gasteiger partial charge in [-0.05, 0) is 44.0 Å². The van der Waals surface area contributed by atoms with Crippen LogP contribution in [0, 0.1) is 6.92 Å². The quantitative estimate of drug-likeness (QED) is 0.784. The number of aryl methyl sites for hydroxylation is 1. The molecule has 1 aliphatic heterocycles. The summed E-state index contributed by atoms with van der Waals surface area (Å²) >= 11 is 0. The van der Waals surface area contributed by atoms with Crippen LogP contribution in [0.1, 0.15) is 35.7 Å². The number of para-hydroxylation sites is 2. The van der Waals surface area contributed by atoms with E-state index in [2.05, 4.69) is 65.3 Å². The average Bonchev–Trinajstić information content (AvgIpc) is 3.01. The van der Waals surface area contributed by atoms with Crippen molar-refractivity contribution in [2.75, 3.05) is 13.1 Å². The van der Waals surface area contributed by atoms with E-state index in [0.29, 0.717) is 5.92 Å². The number of likely N-dealkylation sites (tertiary alicyclic amines) is 1. The van der Waals surface area contributed by atoms with Crippen LogP contribution in [0.5, 0.6) is 0 Å². The van der Waals surface area contributed by atoms with Gasteiger partial charge in [0.25, 0.3) is 0 Å². The fourth-order valence-corrected chi connectivity index (χ4v) is 3.54.